The maximum absolute atomic E-state index is 4.81. The molecular formula is C19H29N5S2. The van der Waals surface area contributed by atoms with Gasteiger partial charge in [-0.2, -0.15) is 0 Å². The van der Waals surface area contributed by atoms with E-state index in [2.05, 4.69) is 38.9 Å². The van der Waals surface area contributed by atoms with Crippen LogP contribution in [0.3, 0.4) is 0 Å². The summed E-state index contributed by atoms with van der Waals surface area (Å²) < 4.78 is 2.40. The SMILES string of the molecule is CC(C)CCc1nc(CSc2nnc(N3CCCCC3)n2C2CC2)cs1. The summed E-state index contributed by atoms with van der Waals surface area (Å²) in [6.07, 6.45) is 8.75. The molecule has 0 N–H and O–H groups in total. The van der Waals surface area contributed by atoms with Gasteiger partial charge >= 0.3 is 0 Å². The number of piperidine rings is 1. The molecule has 1 aliphatic carbocycles. The maximum atomic E-state index is 4.81. The van der Waals surface area contributed by atoms with Crippen molar-refractivity contribution in [2.75, 3.05) is 18.0 Å². The highest BCUT2D eigenvalue weighted by Crippen LogP contribution is 2.41. The van der Waals surface area contributed by atoms with E-state index in [1.54, 1.807) is 23.1 Å². The first-order valence-electron chi connectivity index (χ1n) is 9.96. The largest absolute Gasteiger partial charge is 0.341 e. The number of aromatic nitrogens is 4. The number of hydrogen-bond donors (Lipinski definition) is 0. The third kappa shape index (κ3) is 4.42. The first kappa shape index (κ1) is 18.3. The van der Waals surface area contributed by atoms with Gasteiger partial charge in [-0.05, 0) is 50.9 Å². The van der Waals surface area contributed by atoms with Gasteiger partial charge in [-0.25, -0.2) is 4.98 Å². The standard InChI is InChI=1S/C19H29N5S2/c1-14(2)6-9-17-20-15(12-25-17)13-26-19-22-21-18(24(19)16-7-8-16)23-10-4-3-5-11-23/h12,14,16H,3-11,13H2,1-2H3. The van der Waals surface area contributed by atoms with Gasteiger partial charge in [0.1, 0.15) is 0 Å². The van der Waals surface area contributed by atoms with Crippen LogP contribution in [0.4, 0.5) is 5.95 Å². The van der Waals surface area contributed by atoms with Gasteiger partial charge in [0.25, 0.3) is 0 Å². The second-order valence-electron chi connectivity index (χ2n) is 7.89. The van der Waals surface area contributed by atoms with Crippen molar-refractivity contribution in [1.29, 1.82) is 0 Å². The van der Waals surface area contributed by atoms with E-state index in [-0.39, 0.29) is 0 Å². The monoisotopic (exact) mass is 391 g/mol. The predicted molar refractivity (Wildman–Crippen MR) is 109 cm³/mol. The predicted octanol–water partition coefficient (Wildman–Crippen LogP) is 4.94. The molecule has 0 amide bonds. The molecule has 4 rings (SSSR count). The second-order valence-corrected chi connectivity index (χ2v) is 9.77. The lowest BCUT2D eigenvalue weighted by molar-refractivity contribution is 0.548. The highest BCUT2D eigenvalue weighted by atomic mass is 32.2. The number of anilines is 1. The zero-order chi connectivity index (χ0) is 17.9. The minimum atomic E-state index is 0.612. The lowest BCUT2D eigenvalue weighted by Crippen LogP contribution is -2.31. The van der Waals surface area contributed by atoms with Gasteiger partial charge in [-0.3, -0.25) is 4.57 Å². The van der Waals surface area contributed by atoms with Crippen LogP contribution in [-0.2, 0) is 12.2 Å². The Balaban J connectivity index is 1.41. The molecule has 2 aromatic rings. The molecule has 26 heavy (non-hydrogen) atoms. The molecule has 1 saturated heterocycles. The molecule has 142 valence electrons. The van der Waals surface area contributed by atoms with Crippen molar-refractivity contribution in [2.24, 2.45) is 5.92 Å². The Morgan fingerprint density at radius 1 is 1.19 bits per heavy atom. The van der Waals surface area contributed by atoms with Crippen LogP contribution in [0.5, 0.6) is 0 Å². The molecule has 0 spiro atoms. The summed E-state index contributed by atoms with van der Waals surface area (Å²) in [6, 6.07) is 0.612. The molecule has 0 radical (unpaired) electrons. The minimum Gasteiger partial charge on any atom is -0.341 e. The molecule has 1 aliphatic heterocycles. The Kier molecular flexibility index (Phi) is 5.84. The zero-order valence-electron chi connectivity index (χ0n) is 15.9. The topological polar surface area (TPSA) is 46.8 Å². The first-order chi connectivity index (χ1) is 12.7. The molecule has 1 saturated carbocycles. The third-order valence-corrected chi connectivity index (χ3v) is 7.02. The second kappa shape index (κ2) is 8.30. The molecule has 0 bridgehead atoms. The van der Waals surface area contributed by atoms with Crippen LogP contribution in [0.2, 0.25) is 0 Å². The van der Waals surface area contributed by atoms with Crippen molar-refractivity contribution in [3.05, 3.63) is 16.1 Å². The molecule has 3 heterocycles. The van der Waals surface area contributed by atoms with Gasteiger partial charge in [0.2, 0.25) is 5.95 Å². The lowest BCUT2D eigenvalue weighted by atomic mass is 10.1. The fourth-order valence-electron chi connectivity index (χ4n) is 3.41. The van der Waals surface area contributed by atoms with Crippen molar-refractivity contribution in [2.45, 2.75) is 75.7 Å². The summed E-state index contributed by atoms with van der Waals surface area (Å²) in [6.45, 7) is 6.80. The molecule has 0 aromatic carbocycles. The van der Waals surface area contributed by atoms with E-state index in [1.165, 1.54) is 49.2 Å². The summed E-state index contributed by atoms with van der Waals surface area (Å²) in [5.41, 5.74) is 1.18. The van der Waals surface area contributed by atoms with Crippen molar-refractivity contribution >= 4 is 29.0 Å². The molecule has 2 aromatic heterocycles. The Morgan fingerprint density at radius 2 is 2.00 bits per heavy atom. The Bertz CT molecular complexity index is 713. The quantitative estimate of drug-likeness (QED) is 0.596. The van der Waals surface area contributed by atoms with Crippen LogP contribution in [0, 0.1) is 5.92 Å². The molecule has 2 aliphatic rings. The Morgan fingerprint density at radius 3 is 2.73 bits per heavy atom. The van der Waals surface area contributed by atoms with E-state index in [4.69, 9.17) is 4.98 Å². The normalized spacial score (nSPS) is 18.0. The van der Waals surface area contributed by atoms with Crippen molar-refractivity contribution in [1.82, 2.24) is 19.7 Å². The zero-order valence-corrected chi connectivity index (χ0v) is 17.5. The Hall–Kier alpha value is -1.08. The average Bonchev–Trinajstić information content (AvgIpc) is 3.24. The summed E-state index contributed by atoms with van der Waals surface area (Å²) in [7, 11) is 0. The highest BCUT2D eigenvalue weighted by Gasteiger charge is 2.32. The molecular weight excluding hydrogens is 362 g/mol. The van der Waals surface area contributed by atoms with E-state index in [9.17, 15) is 0 Å². The number of thiazole rings is 1. The van der Waals surface area contributed by atoms with Crippen molar-refractivity contribution in [3.8, 4) is 0 Å². The summed E-state index contributed by atoms with van der Waals surface area (Å²) in [5.74, 6) is 2.73. The molecule has 5 nitrogen and oxygen atoms in total. The number of thioether (sulfide) groups is 1. The summed E-state index contributed by atoms with van der Waals surface area (Å²) in [4.78, 5) is 7.25. The smallest absolute Gasteiger partial charge is 0.228 e. The van der Waals surface area contributed by atoms with Crippen LogP contribution >= 0.6 is 23.1 Å². The lowest BCUT2D eigenvalue weighted by Gasteiger charge is -2.27. The highest BCUT2D eigenvalue weighted by molar-refractivity contribution is 7.98. The van der Waals surface area contributed by atoms with E-state index < -0.39 is 0 Å². The van der Waals surface area contributed by atoms with Crippen LogP contribution in [0.15, 0.2) is 10.5 Å². The maximum Gasteiger partial charge on any atom is 0.228 e. The van der Waals surface area contributed by atoms with Gasteiger partial charge < -0.3 is 4.90 Å². The molecule has 0 unspecified atom stereocenters. The van der Waals surface area contributed by atoms with Crippen LogP contribution < -0.4 is 4.90 Å². The third-order valence-electron chi connectivity index (χ3n) is 5.08. The van der Waals surface area contributed by atoms with Gasteiger partial charge in [-0.15, -0.1) is 21.5 Å². The van der Waals surface area contributed by atoms with E-state index in [0.717, 1.165) is 42.3 Å². The number of rotatable bonds is 8. The molecule has 0 atom stereocenters. The van der Waals surface area contributed by atoms with Gasteiger partial charge in [0.15, 0.2) is 5.16 Å². The summed E-state index contributed by atoms with van der Waals surface area (Å²) >= 11 is 3.60. The van der Waals surface area contributed by atoms with Crippen molar-refractivity contribution in [3.63, 3.8) is 0 Å². The summed E-state index contributed by atoms with van der Waals surface area (Å²) in [5, 5.41) is 13.7. The molecule has 2 fully saturated rings. The van der Waals surface area contributed by atoms with Crippen LogP contribution in [0.25, 0.3) is 0 Å². The van der Waals surface area contributed by atoms with Gasteiger partial charge in [-0.1, -0.05) is 25.6 Å². The van der Waals surface area contributed by atoms with E-state index in [0.29, 0.717) is 6.04 Å². The van der Waals surface area contributed by atoms with E-state index in [1.807, 2.05) is 0 Å². The van der Waals surface area contributed by atoms with E-state index >= 15 is 0 Å². The fourth-order valence-corrected chi connectivity index (χ4v) is 5.22. The number of aryl methyl sites for hydroxylation is 1. The fraction of sp³-hybridized carbons (Fsp3) is 0.737. The minimum absolute atomic E-state index is 0.612. The van der Waals surface area contributed by atoms with Crippen molar-refractivity contribution < 1.29 is 0 Å². The average molecular weight is 392 g/mol. The first-order valence-corrected chi connectivity index (χ1v) is 11.8. The number of nitrogens with zero attached hydrogens (tertiary/aromatic N) is 5. The van der Waals surface area contributed by atoms with Gasteiger partial charge in [0, 0.05) is 30.3 Å². The van der Waals surface area contributed by atoms with Crippen LogP contribution in [-0.4, -0.2) is 32.8 Å². The van der Waals surface area contributed by atoms with Gasteiger partial charge in [0.05, 0.1) is 10.7 Å². The Labute approximate surface area is 164 Å². The molecule has 7 heteroatoms. The van der Waals surface area contributed by atoms with Crippen LogP contribution in [0.1, 0.15) is 69.1 Å². The number of hydrogen-bond acceptors (Lipinski definition) is 6.